The first-order chi connectivity index (χ1) is 5.96. The molecule has 1 aliphatic rings. The Balaban J connectivity index is 2.82. The number of esters is 1. The van der Waals surface area contributed by atoms with Gasteiger partial charge in [-0.15, -0.1) is 0 Å². The van der Waals surface area contributed by atoms with E-state index in [1.165, 1.54) is 7.11 Å². The zero-order valence-electron chi connectivity index (χ0n) is 7.20. The molecular weight excluding hydrogens is 216 g/mol. The Hall–Kier alpha value is -0.290. The number of methoxy groups -OCH3 is 1. The lowest BCUT2D eigenvalue weighted by Gasteiger charge is -2.13. The number of ether oxygens (including phenoxy) is 1. The summed E-state index contributed by atoms with van der Waals surface area (Å²) < 4.78 is 26.5. The van der Waals surface area contributed by atoms with Gasteiger partial charge in [-0.1, -0.05) is 6.42 Å². The number of hydrogen-bond donors (Lipinski definition) is 0. The molecule has 0 radical (unpaired) electrons. The summed E-state index contributed by atoms with van der Waals surface area (Å²) in [7, 11) is 2.81. The van der Waals surface area contributed by atoms with Crippen molar-refractivity contribution in [3.8, 4) is 0 Å². The van der Waals surface area contributed by atoms with Crippen LogP contribution in [0.15, 0.2) is 0 Å². The molecule has 1 aliphatic carbocycles. The maximum absolute atomic E-state index is 11.1. The van der Waals surface area contributed by atoms with Crippen LogP contribution in [0.25, 0.3) is 0 Å². The van der Waals surface area contributed by atoms with E-state index in [1.807, 2.05) is 0 Å². The number of carbonyl (C=O) groups excluding carboxylic acids is 1. The highest BCUT2D eigenvalue weighted by atomic mass is 35.7. The third kappa shape index (κ3) is 2.34. The molecular formula is C7H11ClO4S. The smallest absolute Gasteiger partial charge is 0.310 e. The lowest BCUT2D eigenvalue weighted by atomic mass is 10.1. The van der Waals surface area contributed by atoms with Crippen molar-refractivity contribution in [3.63, 3.8) is 0 Å². The predicted molar refractivity (Wildman–Crippen MR) is 47.9 cm³/mol. The average Bonchev–Trinajstić information content (AvgIpc) is 2.49. The van der Waals surface area contributed by atoms with E-state index in [-0.39, 0.29) is 0 Å². The summed E-state index contributed by atoms with van der Waals surface area (Å²) in [5, 5.41) is -0.762. The number of carbonyl (C=O) groups is 1. The van der Waals surface area contributed by atoms with Crippen LogP contribution in [-0.4, -0.2) is 26.7 Å². The fourth-order valence-electron chi connectivity index (χ4n) is 1.68. The van der Waals surface area contributed by atoms with Gasteiger partial charge < -0.3 is 4.74 Å². The summed E-state index contributed by atoms with van der Waals surface area (Å²) in [6, 6.07) is 0. The van der Waals surface area contributed by atoms with Crippen LogP contribution in [0.4, 0.5) is 0 Å². The van der Waals surface area contributed by atoms with Crippen molar-refractivity contribution in [1.29, 1.82) is 0 Å². The van der Waals surface area contributed by atoms with E-state index in [0.29, 0.717) is 19.3 Å². The quantitative estimate of drug-likeness (QED) is 0.519. The molecule has 0 heterocycles. The minimum Gasteiger partial charge on any atom is -0.469 e. The number of hydrogen-bond acceptors (Lipinski definition) is 4. The zero-order chi connectivity index (χ0) is 10.1. The van der Waals surface area contributed by atoms with Gasteiger partial charge in [0, 0.05) is 10.7 Å². The minimum absolute atomic E-state index is 0.450. The Morgan fingerprint density at radius 2 is 2.08 bits per heavy atom. The molecule has 13 heavy (non-hydrogen) atoms. The van der Waals surface area contributed by atoms with Crippen LogP contribution in [0.1, 0.15) is 19.3 Å². The maximum atomic E-state index is 11.1. The standard InChI is InChI=1S/C7H11ClO4S/c1-12-7(9)5-3-2-4-6(5)13(8,10)11/h5-6H,2-4H2,1H3. The fraction of sp³-hybridized carbons (Fsp3) is 0.857. The van der Waals surface area contributed by atoms with Crippen LogP contribution >= 0.6 is 10.7 Å². The van der Waals surface area contributed by atoms with Crippen LogP contribution in [0, 0.1) is 5.92 Å². The van der Waals surface area contributed by atoms with Gasteiger partial charge in [0.25, 0.3) is 0 Å². The van der Waals surface area contributed by atoms with Crippen molar-refractivity contribution in [2.45, 2.75) is 24.5 Å². The van der Waals surface area contributed by atoms with Crippen LogP contribution in [0.3, 0.4) is 0 Å². The van der Waals surface area contributed by atoms with E-state index in [4.69, 9.17) is 10.7 Å². The van der Waals surface area contributed by atoms with Crippen molar-refractivity contribution in [1.82, 2.24) is 0 Å². The molecule has 0 aromatic rings. The van der Waals surface area contributed by atoms with Gasteiger partial charge in [-0.05, 0) is 12.8 Å². The molecule has 2 atom stereocenters. The van der Waals surface area contributed by atoms with Crippen LogP contribution in [0.5, 0.6) is 0 Å². The van der Waals surface area contributed by atoms with E-state index in [0.717, 1.165) is 0 Å². The largest absolute Gasteiger partial charge is 0.469 e. The molecule has 0 N–H and O–H groups in total. The van der Waals surface area contributed by atoms with Crippen molar-refractivity contribution < 1.29 is 17.9 Å². The molecule has 76 valence electrons. The van der Waals surface area contributed by atoms with Gasteiger partial charge in [0.1, 0.15) is 0 Å². The Bertz CT molecular complexity index is 298. The molecule has 0 amide bonds. The predicted octanol–water partition coefficient (Wildman–Crippen LogP) is 0.897. The first-order valence-corrected chi connectivity index (χ1v) is 6.35. The molecule has 0 saturated heterocycles. The summed E-state index contributed by atoms with van der Waals surface area (Å²) >= 11 is 0. The number of rotatable bonds is 2. The van der Waals surface area contributed by atoms with Gasteiger partial charge in [0.2, 0.25) is 9.05 Å². The first-order valence-electron chi connectivity index (χ1n) is 3.98. The second-order valence-electron chi connectivity index (χ2n) is 3.07. The van der Waals surface area contributed by atoms with Crippen molar-refractivity contribution >= 4 is 25.7 Å². The van der Waals surface area contributed by atoms with Crippen molar-refractivity contribution in [2.75, 3.05) is 7.11 Å². The molecule has 1 rings (SSSR count). The molecule has 0 aromatic heterocycles. The van der Waals surface area contributed by atoms with Crippen LogP contribution in [0.2, 0.25) is 0 Å². The van der Waals surface area contributed by atoms with Gasteiger partial charge in [-0.2, -0.15) is 0 Å². The molecule has 1 saturated carbocycles. The third-order valence-corrected chi connectivity index (χ3v) is 4.29. The maximum Gasteiger partial charge on any atom is 0.310 e. The Labute approximate surface area is 81.6 Å². The summed E-state index contributed by atoms with van der Waals surface area (Å²) in [6.45, 7) is 0. The molecule has 0 aromatic carbocycles. The van der Waals surface area contributed by atoms with Crippen molar-refractivity contribution in [2.24, 2.45) is 5.92 Å². The lowest BCUT2D eigenvalue weighted by molar-refractivity contribution is -0.145. The topological polar surface area (TPSA) is 60.4 Å². The second kappa shape index (κ2) is 3.84. The van der Waals surface area contributed by atoms with Crippen LogP contribution in [-0.2, 0) is 18.6 Å². The highest BCUT2D eigenvalue weighted by Crippen LogP contribution is 2.33. The summed E-state index contributed by atoms with van der Waals surface area (Å²) in [5.41, 5.74) is 0. The van der Waals surface area contributed by atoms with E-state index < -0.39 is 26.2 Å². The highest BCUT2D eigenvalue weighted by Gasteiger charge is 2.41. The first kappa shape index (κ1) is 10.8. The monoisotopic (exact) mass is 226 g/mol. The summed E-state index contributed by atoms with van der Waals surface area (Å²) in [4.78, 5) is 11.1. The molecule has 4 nitrogen and oxygen atoms in total. The fourth-order valence-corrected chi connectivity index (χ4v) is 3.41. The summed E-state index contributed by atoms with van der Waals surface area (Å²) in [6.07, 6.45) is 1.70. The second-order valence-corrected chi connectivity index (χ2v) is 5.92. The van der Waals surface area contributed by atoms with E-state index in [2.05, 4.69) is 4.74 Å². The van der Waals surface area contributed by atoms with Gasteiger partial charge in [-0.3, -0.25) is 4.79 Å². The molecule has 0 spiro atoms. The van der Waals surface area contributed by atoms with Gasteiger partial charge in [0.15, 0.2) is 0 Å². The Morgan fingerprint density at radius 1 is 1.46 bits per heavy atom. The molecule has 0 aliphatic heterocycles. The summed E-state index contributed by atoms with van der Waals surface area (Å²) in [5.74, 6) is -1.06. The van der Waals surface area contributed by atoms with Gasteiger partial charge in [0.05, 0.1) is 18.3 Å². The van der Waals surface area contributed by atoms with E-state index in [1.54, 1.807) is 0 Å². The Morgan fingerprint density at radius 3 is 2.54 bits per heavy atom. The van der Waals surface area contributed by atoms with E-state index in [9.17, 15) is 13.2 Å². The highest BCUT2D eigenvalue weighted by molar-refractivity contribution is 8.14. The molecule has 6 heteroatoms. The molecule has 0 bridgehead atoms. The third-order valence-electron chi connectivity index (χ3n) is 2.32. The Kier molecular flexibility index (Phi) is 3.18. The van der Waals surface area contributed by atoms with Gasteiger partial charge >= 0.3 is 5.97 Å². The lowest BCUT2D eigenvalue weighted by Crippen LogP contribution is -2.28. The normalized spacial score (nSPS) is 28.8. The van der Waals surface area contributed by atoms with Crippen LogP contribution < -0.4 is 0 Å². The molecule has 2 unspecified atom stereocenters. The minimum atomic E-state index is -3.64. The number of halogens is 1. The average molecular weight is 227 g/mol. The van der Waals surface area contributed by atoms with Crippen molar-refractivity contribution in [3.05, 3.63) is 0 Å². The van der Waals surface area contributed by atoms with E-state index >= 15 is 0 Å². The molecule has 1 fully saturated rings. The zero-order valence-corrected chi connectivity index (χ0v) is 8.77. The van der Waals surface area contributed by atoms with Gasteiger partial charge in [-0.25, -0.2) is 8.42 Å². The SMILES string of the molecule is COC(=O)C1CCCC1S(=O)(=O)Cl.